The second-order valence-corrected chi connectivity index (χ2v) is 5.15. The van der Waals surface area contributed by atoms with Crippen molar-refractivity contribution in [1.82, 2.24) is 15.5 Å². The minimum atomic E-state index is 0.314. The molecule has 1 aliphatic heterocycles. The SMILES string of the molecule is c1ccc2oc(-c3noc([C@@H]4CCCNC4)n3)cc2c1. The van der Waals surface area contributed by atoms with Gasteiger partial charge in [0.05, 0.1) is 5.92 Å². The summed E-state index contributed by atoms with van der Waals surface area (Å²) in [6, 6.07) is 9.82. The largest absolute Gasteiger partial charge is 0.453 e. The molecule has 1 fully saturated rings. The molecule has 1 atom stereocenters. The zero-order valence-electron chi connectivity index (χ0n) is 11.0. The molecular formula is C15H15N3O2. The second-order valence-electron chi connectivity index (χ2n) is 5.15. The van der Waals surface area contributed by atoms with Crippen molar-refractivity contribution in [2.75, 3.05) is 13.1 Å². The summed E-state index contributed by atoms with van der Waals surface area (Å²) in [4.78, 5) is 4.49. The number of hydrogen-bond acceptors (Lipinski definition) is 5. The fourth-order valence-corrected chi connectivity index (χ4v) is 2.66. The van der Waals surface area contributed by atoms with Crippen molar-refractivity contribution < 1.29 is 8.94 Å². The lowest BCUT2D eigenvalue weighted by Crippen LogP contribution is -2.28. The molecule has 1 saturated heterocycles. The van der Waals surface area contributed by atoms with Crippen LogP contribution in [0.25, 0.3) is 22.6 Å². The van der Waals surface area contributed by atoms with E-state index in [1.807, 2.05) is 30.3 Å². The average molecular weight is 269 g/mol. The van der Waals surface area contributed by atoms with Crippen molar-refractivity contribution in [2.24, 2.45) is 0 Å². The predicted octanol–water partition coefficient (Wildman–Crippen LogP) is 2.95. The molecule has 5 heteroatoms. The number of nitrogens with zero attached hydrogens (tertiary/aromatic N) is 2. The monoisotopic (exact) mass is 269 g/mol. The summed E-state index contributed by atoms with van der Waals surface area (Å²) in [5.41, 5.74) is 0.841. The molecule has 0 amide bonds. The van der Waals surface area contributed by atoms with Crippen LogP contribution in [0.1, 0.15) is 24.7 Å². The van der Waals surface area contributed by atoms with E-state index in [4.69, 9.17) is 8.94 Å². The summed E-state index contributed by atoms with van der Waals surface area (Å²) >= 11 is 0. The Bertz CT molecular complexity index is 692. The molecule has 0 bridgehead atoms. The molecule has 3 heterocycles. The lowest BCUT2D eigenvalue weighted by Gasteiger charge is -2.18. The van der Waals surface area contributed by atoms with E-state index >= 15 is 0 Å². The van der Waals surface area contributed by atoms with Gasteiger partial charge in [0.1, 0.15) is 5.58 Å². The molecule has 0 saturated carbocycles. The first-order valence-corrected chi connectivity index (χ1v) is 6.93. The van der Waals surface area contributed by atoms with Gasteiger partial charge in [0.2, 0.25) is 11.7 Å². The maximum Gasteiger partial charge on any atom is 0.238 e. The van der Waals surface area contributed by atoms with E-state index in [9.17, 15) is 0 Å². The van der Waals surface area contributed by atoms with Crippen molar-refractivity contribution in [3.63, 3.8) is 0 Å². The fraction of sp³-hybridized carbons (Fsp3) is 0.333. The Morgan fingerprint density at radius 1 is 1.25 bits per heavy atom. The van der Waals surface area contributed by atoms with Gasteiger partial charge in [-0.2, -0.15) is 4.98 Å². The molecule has 1 aromatic carbocycles. The summed E-state index contributed by atoms with van der Waals surface area (Å²) in [7, 11) is 0. The molecule has 0 aliphatic carbocycles. The molecule has 20 heavy (non-hydrogen) atoms. The first kappa shape index (κ1) is 11.7. The van der Waals surface area contributed by atoms with Gasteiger partial charge in [0.15, 0.2) is 5.76 Å². The smallest absolute Gasteiger partial charge is 0.238 e. The Kier molecular flexibility index (Phi) is 2.77. The van der Waals surface area contributed by atoms with Gasteiger partial charge in [0, 0.05) is 11.9 Å². The van der Waals surface area contributed by atoms with Gasteiger partial charge in [-0.05, 0) is 31.5 Å². The molecule has 3 aromatic rings. The molecule has 1 aliphatic rings. The summed E-state index contributed by atoms with van der Waals surface area (Å²) < 4.78 is 11.1. The summed E-state index contributed by atoms with van der Waals surface area (Å²) in [5.74, 6) is 2.20. The molecule has 5 nitrogen and oxygen atoms in total. The zero-order valence-corrected chi connectivity index (χ0v) is 11.0. The van der Waals surface area contributed by atoms with Crippen LogP contribution in [-0.2, 0) is 0 Å². The Morgan fingerprint density at radius 3 is 3.05 bits per heavy atom. The van der Waals surface area contributed by atoms with Crippen LogP contribution in [0.15, 0.2) is 39.3 Å². The highest BCUT2D eigenvalue weighted by Crippen LogP contribution is 2.28. The second kappa shape index (κ2) is 4.76. The molecule has 0 unspecified atom stereocenters. The van der Waals surface area contributed by atoms with Gasteiger partial charge < -0.3 is 14.3 Å². The number of fused-ring (bicyclic) bond motifs is 1. The third kappa shape index (κ3) is 2.00. The van der Waals surface area contributed by atoms with Gasteiger partial charge >= 0.3 is 0 Å². The minimum Gasteiger partial charge on any atom is -0.453 e. The number of nitrogens with one attached hydrogen (secondary N) is 1. The number of aromatic nitrogens is 2. The molecular weight excluding hydrogens is 254 g/mol. The van der Waals surface area contributed by atoms with Crippen LogP contribution >= 0.6 is 0 Å². The van der Waals surface area contributed by atoms with Crippen molar-refractivity contribution in [1.29, 1.82) is 0 Å². The third-order valence-electron chi connectivity index (χ3n) is 3.73. The summed E-state index contributed by atoms with van der Waals surface area (Å²) in [5, 5.41) is 8.45. The van der Waals surface area contributed by atoms with Crippen LogP contribution in [-0.4, -0.2) is 23.2 Å². The van der Waals surface area contributed by atoms with Crippen LogP contribution in [0.3, 0.4) is 0 Å². The number of para-hydroxylation sites is 1. The summed E-state index contributed by atoms with van der Waals surface area (Å²) in [6.45, 7) is 1.98. The van der Waals surface area contributed by atoms with E-state index < -0.39 is 0 Å². The van der Waals surface area contributed by atoms with Crippen molar-refractivity contribution >= 4 is 11.0 Å². The minimum absolute atomic E-state index is 0.314. The molecule has 1 N–H and O–H groups in total. The number of hydrogen-bond donors (Lipinski definition) is 1. The lowest BCUT2D eigenvalue weighted by molar-refractivity contribution is 0.322. The van der Waals surface area contributed by atoms with Crippen LogP contribution < -0.4 is 5.32 Å². The fourth-order valence-electron chi connectivity index (χ4n) is 2.66. The Balaban J connectivity index is 1.66. The highest BCUT2D eigenvalue weighted by atomic mass is 16.5. The van der Waals surface area contributed by atoms with Gasteiger partial charge in [-0.15, -0.1) is 0 Å². The van der Waals surface area contributed by atoms with Gasteiger partial charge in [-0.25, -0.2) is 0 Å². The number of furan rings is 1. The molecule has 4 rings (SSSR count). The Morgan fingerprint density at radius 2 is 2.20 bits per heavy atom. The predicted molar refractivity (Wildman–Crippen MR) is 74.4 cm³/mol. The van der Waals surface area contributed by atoms with E-state index in [0.29, 0.717) is 23.4 Å². The van der Waals surface area contributed by atoms with Crippen LogP contribution in [0, 0.1) is 0 Å². The molecule has 102 valence electrons. The summed E-state index contributed by atoms with van der Waals surface area (Å²) in [6.07, 6.45) is 2.24. The maximum absolute atomic E-state index is 5.75. The van der Waals surface area contributed by atoms with Crippen LogP contribution in [0.5, 0.6) is 0 Å². The number of rotatable bonds is 2. The van der Waals surface area contributed by atoms with E-state index in [1.165, 1.54) is 0 Å². The maximum atomic E-state index is 5.75. The first-order chi connectivity index (χ1) is 9.90. The zero-order chi connectivity index (χ0) is 13.4. The van der Waals surface area contributed by atoms with Crippen LogP contribution in [0.4, 0.5) is 0 Å². The van der Waals surface area contributed by atoms with E-state index in [2.05, 4.69) is 15.5 Å². The quantitative estimate of drug-likeness (QED) is 0.775. The van der Waals surface area contributed by atoms with Crippen molar-refractivity contribution in [3.05, 3.63) is 36.2 Å². The van der Waals surface area contributed by atoms with Crippen LogP contribution in [0.2, 0.25) is 0 Å². The van der Waals surface area contributed by atoms with Gasteiger partial charge in [0.25, 0.3) is 0 Å². The third-order valence-corrected chi connectivity index (χ3v) is 3.73. The molecule has 0 radical (unpaired) electrons. The highest BCUT2D eigenvalue weighted by molar-refractivity contribution is 5.81. The standard InChI is InChI=1S/C15H15N3O2/c1-2-6-12-10(4-1)8-13(19-12)14-17-15(20-18-14)11-5-3-7-16-9-11/h1-2,4,6,8,11,16H,3,5,7,9H2/t11-/m1/s1. The van der Waals surface area contributed by atoms with E-state index in [0.717, 1.165) is 36.9 Å². The van der Waals surface area contributed by atoms with Gasteiger partial charge in [-0.3, -0.25) is 0 Å². The van der Waals surface area contributed by atoms with Crippen molar-refractivity contribution in [3.8, 4) is 11.6 Å². The lowest BCUT2D eigenvalue weighted by atomic mass is 10.00. The van der Waals surface area contributed by atoms with Crippen molar-refractivity contribution in [2.45, 2.75) is 18.8 Å². The molecule has 2 aromatic heterocycles. The van der Waals surface area contributed by atoms with E-state index in [1.54, 1.807) is 0 Å². The van der Waals surface area contributed by atoms with Gasteiger partial charge in [-0.1, -0.05) is 23.4 Å². The molecule has 0 spiro atoms. The normalized spacial score (nSPS) is 19.5. The number of piperidine rings is 1. The average Bonchev–Trinajstić information content (AvgIpc) is 3.14. The Labute approximate surface area is 116 Å². The first-order valence-electron chi connectivity index (χ1n) is 6.93. The van der Waals surface area contributed by atoms with E-state index in [-0.39, 0.29) is 0 Å². The topological polar surface area (TPSA) is 64.1 Å². The highest BCUT2D eigenvalue weighted by Gasteiger charge is 2.22. The Hall–Kier alpha value is -2.14. The number of benzene rings is 1.